The van der Waals surface area contributed by atoms with Crippen LogP contribution in [0, 0.1) is 5.82 Å². The Labute approximate surface area is 131 Å². The standard InChI is InChI=1S/C17H25FO4/c1-4-16(22-12-20-5-2)14-8-7-9-15(18)13(14)10-11-17(19)21-6-3/h7-9,16H,4-6,10-12H2,1-3H3/t16-/m1/s1. The Morgan fingerprint density at radius 1 is 1.23 bits per heavy atom. The Bertz CT molecular complexity index is 462. The van der Waals surface area contributed by atoms with E-state index in [9.17, 15) is 9.18 Å². The first kappa shape index (κ1) is 18.6. The highest BCUT2D eigenvalue weighted by Crippen LogP contribution is 2.27. The number of hydrogen-bond donors (Lipinski definition) is 0. The largest absolute Gasteiger partial charge is 0.466 e. The van der Waals surface area contributed by atoms with Gasteiger partial charge < -0.3 is 14.2 Å². The Hall–Kier alpha value is -1.46. The SMILES string of the molecule is CCOCO[C@H](CC)c1cccc(F)c1CCC(=O)OCC. The van der Waals surface area contributed by atoms with Crippen molar-refractivity contribution in [1.29, 1.82) is 0 Å². The van der Waals surface area contributed by atoms with E-state index in [1.54, 1.807) is 13.0 Å². The van der Waals surface area contributed by atoms with Crippen LogP contribution in [0.1, 0.15) is 50.8 Å². The van der Waals surface area contributed by atoms with Gasteiger partial charge in [-0.25, -0.2) is 4.39 Å². The quantitative estimate of drug-likeness (QED) is 0.375. The number of ether oxygens (including phenoxy) is 3. The summed E-state index contributed by atoms with van der Waals surface area (Å²) < 4.78 is 29.9. The number of halogens is 1. The van der Waals surface area contributed by atoms with Crippen LogP contribution in [0.25, 0.3) is 0 Å². The molecule has 22 heavy (non-hydrogen) atoms. The molecule has 1 atom stereocenters. The number of esters is 1. The summed E-state index contributed by atoms with van der Waals surface area (Å²) in [6.45, 7) is 6.67. The predicted molar refractivity (Wildman–Crippen MR) is 82.0 cm³/mol. The van der Waals surface area contributed by atoms with Crippen molar-refractivity contribution in [1.82, 2.24) is 0 Å². The van der Waals surface area contributed by atoms with Crippen LogP contribution in [0.4, 0.5) is 4.39 Å². The van der Waals surface area contributed by atoms with Crippen molar-refractivity contribution >= 4 is 5.97 Å². The van der Waals surface area contributed by atoms with Crippen molar-refractivity contribution in [3.8, 4) is 0 Å². The minimum atomic E-state index is -0.319. The third kappa shape index (κ3) is 5.73. The lowest BCUT2D eigenvalue weighted by molar-refractivity contribution is -0.143. The van der Waals surface area contributed by atoms with Gasteiger partial charge in [0.25, 0.3) is 0 Å². The zero-order valence-electron chi connectivity index (χ0n) is 13.6. The highest BCUT2D eigenvalue weighted by atomic mass is 19.1. The lowest BCUT2D eigenvalue weighted by Crippen LogP contribution is -2.12. The lowest BCUT2D eigenvalue weighted by Gasteiger charge is -2.20. The van der Waals surface area contributed by atoms with Crippen LogP contribution in [-0.2, 0) is 25.4 Å². The van der Waals surface area contributed by atoms with Gasteiger partial charge in [-0.2, -0.15) is 0 Å². The van der Waals surface area contributed by atoms with Gasteiger partial charge >= 0.3 is 5.97 Å². The third-order valence-electron chi connectivity index (χ3n) is 3.31. The monoisotopic (exact) mass is 312 g/mol. The van der Waals surface area contributed by atoms with Crippen LogP contribution in [0.15, 0.2) is 18.2 Å². The highest BCUT2D eigenvalue weighted by molar-refractivity contribution is 5.69. The minimum Gasteiger partial charge on any atom is -0.466 e. The van der Waals surface area contributed by atoms with Crippen molar-refractivity contribution in [2.45, 2.75) is 46.1 Å². The molecule has 0 aromatic heterocycles. The summed E-state index contributed by atoms with van der Waals surface area (Å²) in [5.74, 6) is -0.639. The Balaban J connectivity index is 2.84. The fourth-order valence-electron chi connectivity index (χ4n) is 2.24. The van der Waals surface area contributed by atoms with Crippen molar-refractivity contribution in [3.05, 3.63) is 35.1 Å². The topological polar surface area (TPSA) is 44.8 Å². The van der Waals surface area contributed by atoms with Crippen molar-refractivity contribution in [3.63, 3.8) is 0 Å². The van der Waals surface area contributed by atoms with E-state index in [1.807, 2.05) is 19.9 Å². The summed E-state index contributed by atoms with van der Waals surface area (Å²) >= 11 is 0. The van der Waals surface area contributed by atoms with Crippen LogP contribution in [-0.4, -0.2) is 26.0 Å². The summed E-state index contributed by atoms with van der Waals surface area (Å²) in [4.78, 5) is 11.5. The average Bonchev–Trinajstić information content (AvgIpc) is 2.51. The molecule has 0 fully saturated rings. The summed E-state index contributed by atoms with van der Waals surface area (Å²) in [7, 11) is 0. The van der Waals surface area contributed by atoms with Crippen molar-refractivity contribution in [2.75, 3.05) is 20.0 Å². The molecule has 0 radical (unpaired) electrons. The second kappa shape index (κ2) is 10.3. The number of carbonyl (C=O) groups excluding carboxylic acids is 1. The predicted octanol–water partition coefficient (Wildman–Crippen LogP) is 3.78. The normalized spacial score (nSPS) is 12.2. The smallest absolute Gasteiger partial charge is 0.306 e. The molecule has 0 spiro atoms. The Morgan fingerprint density at radius 3 is 2.64 bits per heavy atom. The second-order valence-electron chi connectivity index (χ2n) is 4.79. The first-order valence-electron chi connectivity index (χ1n) is 7.76. The van der Waals surface area contributed by atoms with E-state index in [2.05, 4.69) is 0 Å². The average molecular weight is 312 g/mol. The molecule has 0 amide bonds. The van der Waals surface area contributed by atoms with Crippen LogP contribution < -0.4 is 0 Å². The van der Waals surface area contributed by atoms with E-state index < -0.39 is 0 Å². The summed E-state index contributed by atoms with van der Waals surface area (Å²) in [5, 5.41) is 0. The molecule has 4 nitrogen and oxygen atoms in total. The third-order valence-corrected chi connectivity index (χ3v) is 3.31. The number of benzene rings is 1. The van der Waals surface area contributed by atoms with Crippen LogP contribution in [0.3, 0.4) is 0 Å². The van der Waals surface area contributed by atoms with Crippen LogP contribution in [0.5, 0.6) is 0 Å². The molecule has 0 aliphatic carbocycles. The van der Waals surface area contributed by atoms with Gasteiger partial charge in [0.15, 0.2) is 0 Å². The van der Waals surface area contributed by atoms with Gasteiger partial charge in [-0.15, -0.1) is 0 Å². The van der Waals surface area contributed by atoms with E-state index >= 15 is 0 Å². The Morgan fingerprint density at radius 2 is 2.00 bits per heavy atom. The van der Waals surface area contributed by atoms with Gasteiger partial charge in [0.1, 0.15) is 12.6 Å². The van der Waals surface area contributed by atoms with E-state index in [4.69, 9.17) is 14.2 Å². The van der Waals surface area contributed by atoms with Crippen LogP contribution >= 0.6 is 0 Å². The van der Waals surface area contributed by atoms with Gasteiger partial charge in [0.2, 0.25) is 0 Å². The van der Waals surface area contributed by atoms with Gasteiger partial charge in [-0.1, -0.05) is 19.1 Å². The first-order valence-corrected chi connectivity index (χ1v) is 7.76. The van der Waals surface area contributed by atoms with E-state index in [0.717, 1.165) is 5.56 Å². The van der Waals surface area contributed by atoms with E-state index in [0.29, 0.717) is 31.6 Å². The molecule has 0 N–H and O–H groups in total. The maximum atomic E-state index is 14.1. The van der Waals surface area contributed by atoms with Gasteiger partial charge in [-0.3, -0.25) is 4.79 Å². The molecule has 0 heterocycles. The second-order valence-corrected chi connectivity index (χ2v) is 4.79. The molecule has 0 bridgehead atoms. The summed E-state index contributed by atoms with van der Waals surface area (Å²) in [5.41, 5.74) is 1.28. The molecule has 0 saturated heterocycles. The molecule has 124 valence electrons. The number of rotatable bonds is 10. The first-order chi connectivity index (χ1) is 10.6. The molecule has 1 rings (SSSR count). The van der Waals surface area contributed by atoms with Crippen molar-refractivity contribution < 1.29 is 23.4 Å². The number of hydrogen-bond acceptors (Lipinski definition) is 4. The number of carbonyl (C=O) groups is 1. The van der Waals surface area contributed by atoms with Crippen LogP contribution in [0.2, 0.25) is 0 Å². The molecule has 1 aromatic rings. The van der Waals surface area contributed by atoms with E-state index in [-0.39, 0.29) is 31.1 Å². The molecule has 1 aromatic carbocycles. The molecule has 0 aliphatic rings. The van der Waals surface area contributed by atoms with Gasteiger partial charge in [-0.05, 0) is 43.9 Å². The summed E-state index contributed by atoms with van der Waals surface area (Å²) in [6.07, 6.45) is 0.904. The highest BCUT2D eigenvalue weighted by Gasteiger charge is 2.18. The fraction of sp³-hybridized carbons (Fsp3) is 0.588. The molecule has 0 unspecified atom stereocenters. The fourth-order valence-corrected chi connectivity index (χ4v) is 2.24. The maximum Gasteiger partial charge on any atom is 0.306 e. The minimum absolute atomic E-state index is 0.156. The zero-order chi connectivity index (χ0) is 16.4. The van der Waals surface area contributed by atoms with E-state index in [1.165, 1.54) is 6.07 Å². The molecular formula is C17H25FO4. The lowest BCUT2D eigenvalue weighted by atomic mass is 9.96. The Kier molecular flexibility index (Phi) is 8.70. The molecule has 0 saturated carbocycles. The molecule has 5 heteroatoms. The van der Waals surface area contributed by atoms with Gasteiger partial charge in [0, 0.05) is 13.0 Å². The summed E-state index contributed by atoms with van der Waals surface area (Å²) in [6, 6.07) is 4.90. The maximum absolute atomic E-state index is 14.1. The molecular weight excluding hydrogens is 287 g/mol. The van der Waals surface area contributed by atoms with Gasteiger partial charge in [0.05, 0.1) is 12.7 Å². The van der Waals surface area contributed by atoms with Crippen molar-refractivity contribution in [2.24, 2.45) is 0 Å². The zero-order valence-corrected chi connectivity index (χ0v) is 13.6. The molecule has 0 aliphatic heterocycles.